The van der Waals surface area contributed by atoms with Crippen LogP contribution in [0.4, 0.5) is 0 Å². The SMILES string of the molecule is C#CC(OC(C)=O)c1ccccc1C#CCCOC(=O)CC. The van der Waals surface area contributed by atoms with Gasteiger partial charge in [-0.3, -0.25) is 9.59 Å². The van der Waals surface area contributed by atoms with Crippen molar-refractivity contribution in [3.63, 3.8) is 0 Å². The highest BCUT2D eigenvalue weighted by Gasteiger charge is 2.14. The molecular formula is C18H18O4. The molecule has 1 unspecified atom stereocenters. The first-order valence-electron chi connectivity index (χ1n) is 6.95. The van der Waals surface area contributed by atoms with Gasteiger partial charge in [0, 0.05) is 30.9 Å². The van der Waals surface area contributed by atoms with E-state index in [1.54, 1.807) is 25.1 Å². The normalized spacial score (nSPS) is 10.6. The number of carbonyl (C=O) groups is 2. The van der Waals surface area contributed by atoms with Crippen molar-refractivity contribution in [1.82, 2.24) is 0 Å². The fourth-order valence-electron chi connectivity index (χ4n) is 1.67. The first-order chi connectivity index (χ1) is 10.6. The van der Waals surface area contributed by atoms with Gasteiger partial charge in [0.2, 0.25) is 0 Å². The Bertz CT molecular complexity index is 628. The van der Waals surface area contributed by atoms with E-state index in [-0.39, 0.29) is 12.6 Å². The number of carbonyl (C=O) groups excluding carboxylic acids is 2. The average Bonchev–Trinajstić information content (AvgIpc) is 2.52. The van der Waals surface area contributed by atoms with Crippen LogP contribution in [0.5, 0.6) is 0 Å². The summed E-state index contributed by atoms with van der Waals surface area (Å²) in [5, 5.41) is 0. The van der Waals surface area contributed by atoms with Gasteiger partial charge in [-0.05, 0) is 6.07 Å². The van der Waals surface area contributed by atoms with Crippen LogP contribution in [-0.2, 0) is 19.1 Å². The van der Waals surface area contributed by atoms with E-state index in [0.29, 0.717) is 24.0 Å². The van der Waals surface area contributed by atoms with Crippen molar-refractivity contribution in [3.8, 4) is 24.2 Å². The Balaban J connectivity index is 2.78. The van der Waals surface area contributed by atoms with Crippen LogP contribution in [0.15, 0.2) is 24.3 Å². The minimum Gasteiger partial charge on any atom is -0.465 e. The van der Waals surface area contributed by atoms with Crippen LogP contribution in [0.2, 0.25) is 0 Å². The second-order valence-corrected chi connectivity index (χ2v) is 4.37. The Morgan fingerprint density at radius 2 is 2.05 bits per heavy atom. The lowest BCUT2D eigenvalue weighted by atomic mass is 10.0. The smallest absolute Gasteiger partial charge is 0.305 e. The van der Waals surface area contributed by atoms with Crippen molar-refractivity contribution in [2.75, 3.05) is 6.61 Å². The number of hydrogen-bond acceptors (Lipinski definition) is 4. The van der Waals surface area contributed by atoms with Crippen LogP contribution in [-0.4, -0.2) is 18.5 Å². The highest BCUT2D eigenvalue weighted by molar-refractivity contribution is 5.68. The van der Waals surface area contributed by atoms with Gasteiger partial charge in [0.25, 0.3) is 0 Å². The predicted octanol–water partition coefficient (Wildman–Crippen LogP) is 2.62. The van der Waals surface area contributed by atoms with Gasteiger partial charge in [0.05, 0.1) is 0 Å². The van der Waals surface area contributed by atoms with E-state index in [1.807, 2.05) is 6.07 Å². The first-order valence-corrected chi connectivity index (χ1v) is 6.95. The first kappa shape index (κ1) is 17.3. The molecule has 1 aromatic carbocycles. The van der Waals surface area contributed by atoms with E-state index in [1.165, 1.54) is 6.92 Å². The zero-order valence-corrected chi connectivity index (χ0v) is 12.7. The maximum atomic E-state index is 11.1. The molecule has 1 atom stereocenters. The second kappa shape index (κ2) is 9.26. The van der Waals surface area contributed by atoms with Crippen molar-refractivity contribution in [2.45, 2.75) is 32.8 Å². The van der Waals surface area contributed by atoms with E-state index in [2.05, 4.69) is 17.8 Å². The number of benzene rings is 1. The summed E-state index contributed by atoms with van der Waals surface area (Å²) in [6.45, 7) is 3.30. The molecule has 114 valence electrons. The van der Waals surface area contributed by atoms with Gasteiger partial charge >= 0.3 is 11.9 Å². The third-order valence-electron chi connectivity index (χ3n) is 2.68. The van der Waals surface area contributed by atoms with Crippen molar-refractivity contribution in [2.24, 2.45) is 0 Å². The van der Waals surface area contributed by atoms with Gasteiger partial charge in [0.1, 0.15) is 6.61 Å². The number of ether oxygens (including phenoxy) is 2. The Morgan fingerprint density at radius 3 is 2.68 bits per heavy atom. The number of rotatable bonds is 5. The molecule has 0 fully saturated rings. The van der Waals surface area contributed by atoms with Gasteiger partial charge in [-0.15, -0.1) is 6.42 Å². The molecule has 0 N–H and O–H groups in total. The van der Waals surface area contributed by atoms with Gasteiger partial charge in [0.15, 0.2) is 6.10 Å². The number of hydrogen-bond donors (Lipinski definition) is 0. The van der Waals surface area contributed by atoms with Gasteiger partial charge < -0.3 is 9.47 Å². The van der Waals surface area contributed by atoms with Crippen molar-refractivity contribution in [1.29, 1.82) is 0 Å². The van der Waals surface area contributed by atoms with E-state index in [4.69, 9.17) is 15.9 Å². The molecule has 0 aliphatic heterocycles. The predicted molar refractivity (Wildman–Crippen MR) is 82.5 cm³/mol. The Hall–Kier alpha value is -2.72. The Kier molecular flexibility index (Phi) is 7.29. The average molecular weight is 298 g/mol. The maximum Gasteiger partial charge on any atom is 0.305 e. The summed E-state index contributed by atoms with van der Waals surface area (Å²) in [6.07, 6.45) is 5.43. The standard InChI is InChI=1S/C18H18O4/c1-4-17(22-14(3)19)16-12-7-6-10-15(16)11-8-9-13-21-18(20)5-2/h1,6-7,10,12,17H,5,9,13H2,2-3H3. The molecule has 22 heavy (non-hydrogen) atoms. The molecule has 0 radical (unpaired) electrons. The molecule has 4 heteroatoms. The fraction of sp³-hybridized carbons (Fsp3) is 0.333. The molecule has 0 saturated carbocycles. The maximum absolute atomic E-state index is 11.1. The van der Waals surface area contributed by atoms with Crippen molar-refractivity contribution >= 4 is 11.9 Å². The lowest BCUT2D eigenvalue weighted by molar-refractivity contribution is -0.144. The summed E-state index contributed by atoms with van der Waals surface area (Å²) in [4.78, 5) is 22.1. The molecule has 0 saturated heterocycles. The third-order valence-corrected chi connectivity index (χ3v) is 2.68. The minimum atomic E-state index is -0.763. The number of terminal acetylenes is 1. The second-order valence-electron chi connectivity index (χ2n) is 4.37. The van der Waals surface area contributed by atoms with Crippen LogP contribution in [0.1, 0.15) is 43.9 Å². The summed E-state index contributed by atoms with van der Waals surface area (Å²) in [6, 6.07) is 7.20. The monoisotopic (exact) mass is 298 g/mol. The van der Waals surface area contributed by atoms with Gasteiger partial charge in [-0.2, -0.15) is 0 Å². The van der Waals surface area contributed by atoms with E-state index < -0.39 is 12.1 Å². The van der Waals surface area contributed by atoms with E-state index in [0.717, 1.165) is 0 Å². The quantitative estimate of drug-likeness (QED) is 0.476. The Labute approximate surface area is 130 Å². The topological polar surface area (TPSA) is 52.6 Å². The van der Waals surface area contributed by atoms with E-state index >= 15 is 0 Å². The van der Waals surface area contributed by atoms with Gasteiger partial charge in [-0.25, -0.2) is 0 Å². The summed E-state index contributed by atoms with van der Waals surface area (Å²) in [5.41, 5.74) is 1.35. The molecule has 0 heterocycles. The highest BCUT2D eigenvalue weighted by Crippen LogP contribution is 2.20. The van der Waals surface area contributed by atoms with Crippen LogP contribution in [0.3, 0.4) is 0 Å². The van der Waals surface area contributed by atoms with Crippen LogP contribution in [0.25, 0.3) is 0 Å². The molecule has 0 aliphatic carbocycles. The lowest BCUT2D eigenvalue weighted by Crippen LogP contribution is -2.08. The molecule has 0 aromatic heterocycles. The summed E-state index contributed by atoms with van der Waals surface area (Å²) < 4.78 is 10.0. The zero-order chi connectivity index (χ0) is 16.4. The molecule has 0 aliphatic rings. The largest absolute Gasteiger partial charge is 0.465 e. The van der Waals surface area contributed by atoms with Gasteiger partial charge in [-0.1, -0.05) is 42.9 Å². The van der Waals surface area contributed by atoms with E-state index in [9.17, 15) is 9.59 Å². The van der Waals surface area contributed by atoms with Crippen molar-refractivity contribution in [3.05, 3.63) is 35.4 Å². The number of esters is 2. The molecule has 4 nitrogen and oxygen atoms in total. The molecule has 0 spiro atoms. The molecular weight excluding hydrogens is 280 g/mol. The molecule has 1 aromatic rings. The Morgan fingerprint density at radius 1 is 1.32 bits per heavy atom. The minimum absolute atomic E-state index is 0.246. The zero-order valence-electron chi connectivity index (χ0n) is 12.7. The summed E-state index contributed by atoms with van der Waals surface area (Å²) in [7, 11) is 0. The van der Waals surface area contributed by atoms with Crippen LogP contribution in [0, 0.1) is 24.2 Å². The molecule has 0 amide bonds. The molecule has 1 rings (SSSR count). The molecule has 0 bridgehead atoms. The lowest BCUT2D eigenvalue weighted by Gasteiger charge is -2.12. The van der Waals surface area contributed by atoms with Crippen molar-refractivity contribution < 1.29 is 19.1 Å². The third kappa shape index (κ3) is 5.73. The highest BCUT2D eigenvalue weighted by atomic mass is 16.5. The van der Waals surface area contributed by atoms with Crippen LogP contribution >= 0.6 is 0 Å². The fourth-order valence-corrected chi connectivity index (χ4v) is 1.67. The van der Waals surface area contributed by atoms with Crippen LogP contribution < -0.4 is 0 Å². The summed E-state index contributed by atoms with van der Waals surface area (Å²) in [5.74, 6) is 7.62. The summed E-state index contributed by atoms with van der Waals surface area (Å²) >= 11 is 0.